The summed E-state index contributed by atoms with van der Waals surface area (Å²) in [6.45, 7) is 0. The van der Waals surface area contributed by atoms with Crippen LogP contribution in [0.15, 0.2) is 48.8 Å². The normalized spacial score (nSPS) is 11.5. The Bertz CT molecular complexity index is 837. The SMILES string of the molecule is Cn1cc(C=C(C#N)c2ccc3ccccc3n2)cn1. The number of aromatic nitrogens is 3. The summed E-state index contributed by atoms with van der Waals surface area (Å²) in [4.78, 5) is 4.53. The molecule has 0 aliphatic heterocycles. The fourth-order valence-corrected chi connectivity index (χ4v) is 2.06. The first-order valence-electron chi connectivity index (χ1n) is 6.23. The van der Waals surface area contributed by atoms with Crippen LogP contribution < -0.4 is 0 Å². The molecule has 0 radical (unpaired) electrons. The summed E-state index contributed by atoms with van der Waals surface area (Å²) >= 11 is 0. The summed E-state index contributed by atoms with van der Waals surface area (Å²) in [5, 5.41) is 14.5. The first-order chi connectivity index (χ1) is 9.76. The maximum absolute atomic E-state index is 9.33. The van der Waals surface area contributed by atoms with E-state index < -0.39 is 0 Å². The maximum atomic E-state index is 9.33. The Morgan fingerprint density at radius 3 is 2.85 bits per heavy atom. The van der Waals surface area contributed by atoms with Gasteiger partial charge in [0.1, 0.15) is 6.07 Å². The lowest BCUT2D eigenvalue weighted by Gasteiger charge is -2.01. The summed E-state index contributed by atoms with van der Waals surface area (Å²) in [6.07, 6.45) is 5.38. The van der Waals surface area contributed by atoms with Gasteiger partial charge in [-0.1, -0.05) is 24.3 Å². The predicted molar refractivity (Wildman–Crippen MR) is 78.4 cm³/mol. The number of aryl methyl sites for hydroxylation is 1. The molecule has 0 aliphatic rings. The number of allylic oxidation sites excluding steroid dienone is 1. The van der Waals surface area contributed by atoms with Crippen LogP contribution in [0.3, 0.4) is 0 Å². The molecule has 0 spiro atoms. The molecule has 0 bridgehead atoms. The van der Waals surface area contributed by atoms with Crippen molar-refractivity contribution in [3.05, 3.63) is 60.0 Å². The van der Waals surface area contributed by atoms with Gasteiger partial charge in [-0.05, 0) is 18.2 Å². The maximum Gasteiger partial charge on any atom is 0.101 e. The van der Waals surface area contributed by atoms with Crippen LogP contribution in [0.4, 0.5) is 0 Å². The van der Waals surface area contributed by atoms with E-state index in [0.717, 1.165) is 16.5 Å². The van der Waals surface area contributed by atoms with E-state index in [4.69, 9.17) is 0 Å². The van der Waals surface area contributed by atoms with Crippen molar-refractivity contribution in [3.63, 3.8) is 0 Å². The lowest BCUT2D eigenvalue weighted by atomic mass is 10.1. The zero-order chi connectivity index (χ0) is 13.9. The molecule has 0 amide bonds. The topological polar surface area (TPSA) is 54.5 Å². The number of rotatable bonds is 2. The zero-order valence-electron chi connectivity index (χ0n) is 11.0. The molecule has 1 aromatic carbocycles. The average Bonchev–Trinajstić information content (AvgIpc) is 2.89. The molecule has 4 heteroatoms. The first kappa shape index (κ1) is 12.1. The number of pyridine rings is 1. The first-order valence-corrected chi connectivity index (χ1v) is 6.23. The summed E-state index contributed by atoms with van der Waals surface area (Å²) in [6, 6.07) is 13.9. The molecule has 0 atom stereocenters. The third-order valence-electron chi connectivity index (χ3n) is 3.03. The number of nitriles is 1. The van der Waals surface area contributed by atoms with Crippen molar-refractivity contribution in [2.75, 3.05) is 0 Å². The highest BCUT2D eigenvalue weighted by molar-refractivity contribution is 5.90. The van der Waals surface area contributed by atoms with Crippen molar-refractivity contribution in [2.24, 2.45) is 7.05 Å². The van der Waals surface area contributed by atoms with Gasteiger partial charge in [0.2, 0.25) is 0 Å². The van der Waals surface area contributed by atoms with Gasteiger partial charge in [0.15, 0.2) is 0 Å². The molecule has 3 aromatic rings. The second kappa shape index (κ2) is 4.98. The molecule has 20 heavy (non-hydrogen) atoms. The van der Waals surface area contributed by atoms with Gasteiger partial charge in [-0.3, -0.25) is 4.68 Å². The predicted octanol–water partition coefficient (Wildman–Crippen LogP) is 3.03. The average molecular weight is 260 g/mol. The van der Waals surface area contributed by atoms with E-state index in [1.54, 1.807) is 17.0 Å². The summed E-state index contributed by atoms with van der Waals surface area (Å²) in [7, 11) is 1.84. The number of para-hydroxylation sites is 1. The van der Waals surface area contributed by atoms with Crippen molar-refractivity contribution in [3.8, 4) is 6.07 Å². The fourth-order valence-electron chi connectivity index (χ4n) is 2.06. The Kier molecular flexibility index (Phi) is 3.02. The van der Waals surface area contributed by atoms with Crippen LogP contribution in [0, 0.1) is 11.3 Å². The highest BCUT2D eigenvalue weighted by atomic mass is 15.2. The van der Waals surface area contributed by atoms with Crippen LogP contribution in [0.25, 0.3) is 22.6 Å². The Labute approximate surface area is 116 Å². The van der Waals surface area contributed by atoms with Gasteiger partial charge >= 0.3 is 0 Å². The van der Waals surface area contributed by atoms with Gasteiger partial charge in [-0.25, -0.2) is 4.98 Å². The van der Waals surface area contributed by atoms with Crippen LogP contribution >= 0.6 is 0 Å². The van der Waals surface area contributed by atoms with E-state index in [1.165, 1.54) is 0 Å². The van der Waals surface area contributed by atoms with E-state index in [2.05, 4.69) is 16.2 Å². The van der Waals surface area contributed by atoms with E-state index in [9.17, 15) is 5.26 Å². The third kappa shape index (κ3) is 2.29. The molecule has 0 saturated carbocycles. The molecule has 2 aromatic heterocycles. The fraction of sp³-hybridized carbons (Fsp3) is 0.0625. The lowest BCUT2D eigenvalue weighted by molar-refractivity contribution is 0.767. The van der Waals surface area contributed by atoms with Gasteiger partial charge in [0, 0.05) is 24.2 Å². The largest absolute Gasteiger partial charge is 0.275 e. The molecule has 0 aliphatic carbocycles. The molecule has 2 heterocycles. The van der Waals surface area contributed by atoms with Crippen molar-refractivity contribution < 1.29 is 0 Å². The van der Waals surface area contributed by atoms with Crippen molar-refractivity contribution >= 4 is 22.6 Å². The summed E-state index contributed by atoms with van der Waals surface area (Å²) in [5.41, 5.74) is 2.98. The van der Waals surface area contributed by atoms with E-state index in [0.29, 0.717) is 11.3 Å². The quantitative estimate of drug-likeness (QED) is 0.665. The highest BCUT2D eigenvalue weighted by Crippen LogP contribution is 2.19. The van der Waals surface area contributed by atoms with Gasteiger partial charge in [-0.2, -0.15) is 10.4 Å². The molecule has 4 nitrogen and oxygen atoms in total. The molecule has 0 unspecified atom stereocenters. The van der Waals surface area contributed by atoms with Crippen LogP contribution in [0.5, 0.6) is 0 Å². The number of hydrogen-bond donors (Lipinski definition) is 0. The monoisotopic (exact) mass is 260 g/mol. The van der Waals surface area contributed by atoms with Crippen LogP contribution in [-0.2, 0) is 7.05 Å². The highest BCUT2D eigenvalue weighted by Gasteiger charge is 2.05. The van der Waals surface area contributed by atoms with Crippen LogP contribution in [-0.4, -0.2) is 14.8 Å². The number of benzene rings is 1. The lowest BCUT2D eigenvalue weighted by Crippen LogP contribution is -1.88. The Morgan fingerprint density at radius 2 is 2.10 bits per heavy atom. The van der Waals surface area contributed by atoms with E-state index in [-0.39, 0.29) is 0 Å². The Hall–Kier alpha value is -2.93. The molecule has 0 N–H and O–H groups in total. The Balaban J connectivity index is 2.07. The minimum atomic E-state index is 0.531. The second-order valence-corrected chi connectivity index (χ2v) is 4.51. The molecule has 3 rings (SSSR count). The third-order valence-corrected chi connectivity index (χ3v) is 3.03. The van der Waals surface area contributed by atoms with Crippen molar-refractivity contribution in [1.29, 1.82) is 5.26 Å². The molecular weight excluding hydrogens is 248 g/mol. The molecule has 0 saturated heterocycles. The summed E-state index contributed by atoms with van der Waals surface area (Å²) in [5.74, 6) is 0. The van der Waals surface area contributed by atoms with Gasteiger partial charge in [0.25, 0.3) is 0 Å². The second-order valence-electron chi connectivity index (χ2n) is 4.51. The van der Waals surface area contributed by atoms with E-state index >= 15 is 0 Å². The summed E-state index contributed by atoms with van der Waals surface area (Å²) < 4.78 is 1.70. The zero-order valence-corrected chi connectivity index (χ0v) is 11.0. The van der Waals surface area contributed by atoms with Crippen LogP contribution in [0.2, 0.25) is 0 Å². The standard InChI is InChI=1S/C16H12N4/c1-20-11-12(10-18-20)8-14(9-17)16-7-6-13-4-2-3-5-15(13)19-16/h2-8,10-11H,1H3. The number of fused-ring (bicyclic) bond motifs is 1. The van der Waals surface area contributed by atoms with E-state index in [1.807, 2.05) is 49.6 Å². The minimum absolute atomic E-state index is 0.531. The van der Waals surface area contributed by atoms with Crippen molar-refractivity contribution in [1.82, 2.24) is 14.8 Å². The smallest absolute Gasteiger partial charge is 0.101 e. The minimum Gasteiger partial charge on any atom is -0.275 e. The van der Waals surface area contributed by atoms with Gasteiger partial charge in [-0.15, -0.1) is 0 Å². The molecular formula is C16H12N4. The van der Waals surface area contributed by atoms with Gasteiger partial charge in [0.05, 0.1) is 23.0 Å². The number of nitrogens with zero attached hydrogens (tertiary/aromatic N) is 4. The van der Waals surface area contributed by atoms with Crippen LogP contribution in [0.1, 0.15) is 11.3 Å². The number of hydrogen-bond acceptors (Lipinski definition) is 3. The van der Waals surface area contributed by atoms with Crippen molar-refractivity contribution in [2.45, 2.75) is 0 Å². The van der Waals surface area contributed by atoms with Gasteiger partial charge < -0.3 is 0 Å². The molecule has 0 fully saturated rings. The molecule has 96 valence electrons. The Morgan fingerprint density at radius 1 is 1.25 bits per heavy atom.